The van der Waals surface area contributed by atoms with E-state index >= 15 is 0 Å². The minimum atomic E-state index is -3.84. The maximum Gasteiger partial charge on any atom is 0.263 e. The van der Waals surface area contributed by atoms with Gasteiger partial charge < -0.3 is 5.32 Å². The van der Waals surface area contributed by atoms with Crippen molar-refractivity contribution in [2.45, 2.75) is 25.7 Å². The number of rotatable bonds is 5. The molecule has 0 fully saturated rings. The molecular formula is C20H20FN3O2S. The van der Waals surface area contributed by atoms with E-state index in [-0.39, 0.29) is 16.3 Å². The van der Waals surface area contributed by atoms with Gasteiger partial charge in [-0.15, -0.1) is 0 Å². The zero-order valence-electron chi connectivity index (χ0n) is 15.2. The molecule has 7 heteroatoms. The number of nitrogens with one attached hydrogen (secondary N) is 2. The Labute approximate surface area is 158 Å². The van der Waals surface area contributed by atoms with Crippen LogP contribution in [-0.4, -0.2) is 13.4 Å². The van der Waals surface area contributed by atoms with Gasteiger partial charge in [0.1, 0.15) is 11.6 Å². The lowest BCUT2D eigenvalue weighted by atomic mass is 10.1. The van der Waals surface area contributed by atoms with Crippen LogP contribution in [0.4, 0.5) is 21.6 Å². The molecule has 0 saturated carbocycles. The van der Waals surface area contributed by atoms with E-state index in [4.69, 9.17) is 0 Å². The van der Waals surface area contributed by atoms with Gasteiger partial charge >= 0.3 is 0 Å². The summed E-state index contributed by atoms with van der Waals surface area (Å²) < 4.78 is 40.6. The first-order chi connectivity index (χ1) is 12.7. The largest absolute Gasteiger partial charge is 0.354 e. The molecule has 3 rings (SSSR count). The fraction of sp³-hybridized carbons (Fsp3) is 0.150. The molecule has 0 radical (unpaired) electrons. The Morgan fingerprint density at radius 3 is 2.33 bits per heavy atom. The normalized spacial score (nSPS) is 11.3. The van der Waals surface area contributed by atoms with Crippen LogP contribution in [-0.2, 0) is 10.0 Å². The van der Waals surface area contributed by atoms with Crippen LogP contribution in [0.25, 0.3) is 0 Å². The molecule has 3 aromatic rings. The van der Waals surface area contributed by atoms with E-state index in [0.717, 1.165) is 23.0 Å². The van der Waals surface area contributed by atoms with Crippen LogP contribution in [0.15, 0.2) is 59.6 Å². The highest BCUT2D eigenvalue weighted by Crippen LogP contribution is 2.23. The number of aryl methyl sites for hydroxylation is 3. The Morgan fingerprint density at radius 1 is 0.926 bits per heavy atom. The second kappa shape index (κ2) is 7.36. The van der Waals surface area contributed by atoms with Crippen molar-refractivity contribution in [2.24, 2.45) is 0 Å². The topological polar surface area (TPSA) is 71.1 Å². The summed E-state index contributed by atoms with van der Waals surface area (Å²) in [7, 11) is -3.84. The van der Waals surface area contributed by atoms with Gasteiger partial charge in [0.15, 0.2) is 0 Å². The summed E-state index contributed by atoms with van der Waals surface area (Å²) in [4.78, 5) is 4.13. The third-order valence-corrected chi connectivity index (χ3v) is 5.46. The third kappa shape index (κ3) is 4.43. The highest BCUT2D eigenvalue weighted by atomic mass is 32.2. The van der Waals surface area contributed by atoms with E-state index in [9.17, 15) is 12.8 Å². The zero-order chi connectivity index (χ0) is 19.6. The van der Waals surface area contributed by atoms with E-state index in [1.165, 1.54) is 24.6 Å². The number of benzene rings is 2. The van der Waals surface area contributed by atoms with Crippen molar-refractivity contribution in [1.82, 2.24) is 4.98 Å². The predicted octanol–water partition coefficient (Wildman–Crippen LogP) is 4.69. The second-order valence-electron chi connectivity index (χ2n) is 6.39. The van der Waals surface area contributed by atoms with Crippen LogP contribution in [0.1, 0.15) is 16.7 Å². The first-order valence-corrected chi connectivity index (χ1v) is 9.82. The molecule has 0 saturated heterocycles. The molecule has 0 unspecified atom stereocenters. The van der Waals surface area contributed by atoms with Crippen molar-refractivity contribution < 1.29 is 12.8 Å². The minimum absolute atomic E-state index is 0.0133. The summed E-state index contributed by atoms with van der Waals surface area (Å²) in [5, 5.41) is 3.25. The molecule has 140 valence electrons. The summed E-state index contributed by atoms with van der Waals surface area (Å²) in [5.74, 6) is -0.267. The molecule has 1 heterocycles. The molecule has 5 nitrogen and oxygen atoms in total. The number of anilines is 3. The average molecular weight is 385 g/mol. The number of aromatic nitrogens is 1. The maximum atomic E-state index is 13.4. The SMILES string of the molecule is Cc1ccc(Nc2ccc(NS(=O)(=O)c3ccc(F)c(C)c3)nc2)c(C)c1. The lowest BCUT2D eigenvalue weighted by Crippen LogP contribution is -2.14. The van der Waals surface area contributed by atoms with E-state index < -0.39 is 15.8 Å². The molecule has 0 bridgehead atoms. The first-order valence-electron chi connectivity index (χ1n) is 8.34. The molecule has 0 aliphatic rings. The number of sulfonamides is 1. The Kier molecular flexibility index (Phi) is 5.14. The average Bonchev–Trinajstić information content (AvgIpc) is 2.61. The van der Waals surface area contributed by atoms with E-state index in [2.05, 4.69) is 21.1 Å². The molecular weight excluding hydrogens is 365 g/mol. The minimum Gasteiger partial charge on any atom is -0.354 e. The van der Waals surface area contributed by atoms with Crippen molar-refractivity contribution in [3.63, 3.8) is 0 Å². The third-order valence-electron chi connectivity index (χ3n) is 4.10. The standard InChI is InChI=1S/C20H20FN3O2S/c1-13-4-8-19(15(3)10-13)23-16-5-9-20(22-12-16)24-27(25,26)17-6-7-18(21)14(2)11-17/h4-12,23H,1-3H3,(H,22,24). The van der Waals surface area contributed by atoms with Gasteiger partial charge in [-0.1, -0.05) is 17.7 Å². The molecule has 27 heavy (non-hydrogen) atoms. The molecule has 0 atom stereocenters. The van der Waals surface area contributed by atoms with Gasteiger partial charge in [0.05, 0.1) is 16.8 Å². The fourth-order valence-corrected chi connectivity index (χ4v) is 3.71. The lowest BCUT2D eigenvalue weighted by molar-refractivity contribution is 0.598. The van der Waals surface area contributed by atoms with Crippen molar-refractivity contribution in [2.75, 3.05) is 10.0 Å². The molecule has 0 spiro atoms. The zero-order valence-corrected chi connectivity index (χ0v) is 16.1. The Bertz CT molecular complexity index is 1080. The predicted molar refractivity (Wildman–Crippen MR) is 105 cm³/mol. The summed E-state index contributed by atoms with van der Waals surface area (Å²) in [6.07, 6.45) is 1.55. The van der Waals surface area contributed by atoms with Crippen molar-refractivity contribution >= 4 is 27.2 Å². The van der Waals surface area contributed by atoms with Gasteiger partial charge in [-0.3, -0.25) is 4.72 Å². The van der Waals surface area contributed by atoms with Crippen molar-refractivity contribution in [3.05, 3.63) is 77.2 Å². The maximum absolute atomic E-state index is 13.4. The highest BCUT2D eigenvalue weighted by Gasteiger charge is 2.16. The quantitative estimate of drug-likeness (QED) is 0.668. The Balaban J connectivity index is 1.76. The van der Waals surface area contributed by atoms with Crippen LogP contribution in [0.3, 0.4) is 0 Å². The van der Waals surface area contributed by atoms with Gasteiger partial charge in [0.2, 0.25) is 0 Å². The Hall–Kier alpha value is -2.93. The molecule has 0 aliphatic carbocycles. The molecule has 2 aromatic carbocycles. The smallest absolute Gasteiger partial charge is 0.263 e. The van der Waals surface area contributed by atoms with Crippen LogP contribution in [0, 0.1) is 26.6 Å². The number of nitrogens with zero attached hydrogens (tertiary/aromatic N) is 1. The Morgan fingerprint density at radius 2 is 1.70 bits per heavy atom. The van der Waals surface area contributed by atoms with Crippen molar-refractivity contribution in [1.29, 1.82) is 0 Å². The van der Waals surface area contributed by atoms with Gasteiger partial charge in [-0.25, -0.2) is 17.8 Å². The number of hydrogen-bond acceptors (Lipinski definition) is 4. The summed E-state index contributed by atoms with van der Waals surface area (Å²) in [6, 6.07) is 13.0. The first kappa shape index (κ1) is 18.8. The van der Waals surface area contributed by atoms with E-state index in [0.29, 0.717) is 0 Å². The second-order valence-corrected chi connectivity index (χ2v) is 8.07. The molecule has 0 aliphatic heterocycles. The van der Waals surface area contributed by atoms with Crippen LogP contribution in [0.5, 0.6) is 0 Å². The summed E-state index contributed by atoms with van der Waals surface area (Å²) in [6.45, 7) is 5.55. The fourth-order valence-electron chi connectivity index (χ4n) is 2.62. The van der Waals surface area contributed by atoms with Crippen LogP contribution < -0.4 is 10.0 Å². The van der Waals surface area contributed by atoms with Crippen LogP contribution in [0.2, 0.25) is 0 Å². The lowest BCUT2D eigenvalue weighted by Gasteiger charge is -2.11. The summed E-state index contributed by atoms with van der Waals surface area (Å²) >= 11 is 0. The van der Waals surface area contributed by atoms with Gasteiger partial charge in [-0.05, 0) is 68.3 Å². The van der Waals surface area contributed by atoms with E-state index in [1.807, 2.05) is 26.0 Å². The van der Waals surface area contributed by atoms with E-state index in [1.54, 1.807) is 18.3 Å². The number of hydrogen-bond donors (Lipinski definition) is 2. The number of pyridine rings is 1. The molecule has 2 N–H and O–H groups in total. The van der Waals surface area contributed by atoms with Crippen molar-refractivity contribution in [3.8, 4) is 0 Å². The van der Waals surface area contributed by atoms with Gasteiger partial charge in [0, 0.05) is 5.69 Å². The number of halogens is 1. The van der Waals surface area contributed by atoms with Gasteiger partial charge in [0.25, 0.3) is 10.0 Å². The summed E-state index contributed by atoms with van der Waals surface area (Å²) in [5.41, 5.74) is 4.24. The van der Waals surface area contributed by atoms with Gasteiger partial charge in [-0.2, -0.15) is 0 Å². The molecule has 1 aromatic heterocycles. The monoisotopic (exact) mass is 385 g/mol. The highest BCUT2D eigenvalue weighted by molar-refractivity contribution is 7.92. The van der Waals surface area contributed by atoms with Crippen LogP contribution >= 0.6 is 0 Å². The molecule has 0 amide bonds.